The Labute approximate surface area is 199 Å². The maximum atomic E-state index is 13.2. The van der Waals surface area contributed by atoms with Crippen molar-refractivity contribution in [2.75, 3.05) is 26.2 Å². The zero-order valence-corrected chi connectivity index (χ0v) is 19.1. The number of nitrogens with zero attached hydrogens (tertiary/aromatic N) is 3. The van der Waals surface area contributed by atoms with Crippen LogP contribution in [0.15, 0.2) is 79.1 Å². The number of aromatic nitrogens is 1. The minimum atomic E-state index is -0.433. The molecule has 1 aliphatic rings. The van der Waals surface area contributed by atoms with Crippen molar-refractivity contribution >= 4 is 23.4 Å². The van der Waals surface area contributed by atoms with Gasteiger partial charge in [-0.25, -0.2) is 0 Å². The van der Waals surface area contributed by atoms with Gasteiger partial charge in [0.25, 0.3) is 5.91 Å². The average Bonchev–Trinajstić information content (AvgIpc) is 2.85. The second kappa shape index (κ2) is 11.1. The fourth-order valence-corrected chi connectivity index (χ4v) is 4.25. The first-order chi connectivity index (χ1) is 16.1. The molecule has 7 heteroatoms. The van der Waals surface area contributed by atoms with Crippen LogP contribution < -0.4 is 5.32 Å². The van der Waals surface area contributed by atoms with Crippen LogP contribution in [0, 0.1) is 0 Å². The van der Waals surface area contributed by atoms with Crippen LogP contribution in [0.2, 0.25) is 5.02 Å². The predicted octanol–water partition coefficient (Wildman–Crippen LogP) is 3.94. The van der Waals surface area contributed by atoms with Crippen molar-refractivity contribution in [2.24, 2.45) is 0 Å². The molecule has 0 bridgehead atoms. The van der Waals surface area contributed by atoms with E-state index in [1.165, 1.54) is 5.56 Å². The highest BCUT2D eigenvalue weighted by atomic mass is 35.5. The van der Waals surface area contributed by atoms with Gasteiger partial charge in [-0.05, 0) is 35.4 Å². The Balaban J connectivity index is 1.38. The van der Waals surface area contributed by atoms with Crippen molar-refractivity contribution in [3.05, 3.63) is 101 Å². The molecule has 170 valence electrons. The fraction of sp³-hybridized carbons (Fsp3) is 0.269. The molecule has 1 fully saturated rings. The standard InChI is InChI=1S/C26H27ClN4O2/c27-23-9-5-4-8-22(23)26(33)29-24(21-6-2-1-3-7-21)18-25(32)31-16-14-30(15-17-31)19-20-10-12-28-13-11-20/h1-13,24H,14-19H2,(H,29,33). The summed E-state index contributed by atoms with van der Waals surface area (Å²) in [6.45, 7) is 3.82. The molecule has 2 heterocycles. The fourth-order valence-electron chi connectivity index (χ4n) is 4.02. The highest BCUT2D eigenvalue weighted by Crippen LogP contribution is 2.22. The van der Waals surface area contributed by atoms with E-state index in [-0.39, 0.29) is 18.2 Å². The van der Waals surface area contributed by atoms with Crippen LogP contribution in [0.1, 0.15) is 33.9 Å². The number of hydrogen-bond donors (Lipinski definition) is 1. The molecule has 1 saturated heterocycles. The molecule has 4 rings (SSSR count). The van der Waals surface area contributed by atoms with Gasteiger partial charge in [-0.2, -0.15) is 0 Å². The van der Waals surface area contributed by atoms with Crippen molar-refractivity contribution in [1.82, 2.24) is 20.1 Å². The first kappa shape index (κ1) is 23.0. The van der Waals surface area contributed by atoms with Crippen molar-refractivity contribution in [2.45, 2.75) is 19.0 Å². The third kappa shape index (κ3) is 6.18. The lowest BCUT2D eigenvalue weighted by Crippen LogP contribution is -2.49. The number of pyridine rings is 1. The molecule has 3 aromatic rings. The topological polar surface area (TPSA) is 65.5 Å². The molecular formula is C26H27ClN4O2. The van der Waals surface area contributed by atoms with Gasteiger partial charge in [-0.15, -0.1) is 0 Å². The van der Waals surface area contributed by atoms with Crippen molar-refractivity contribution in [3.8, 4) is 0 Å². The lowest BCUT2D eigenvalue weighted by Gasteiger charge is -2.35. The van der Waals surface area contributed by atoms with Gasteiger partial charge in [0, 0.05) is 45.1 Å². The zero-order chi connectivity index (χ0) is 23.0. The Morgan fingerprint density at radius 2 is 1.58 bits per heavy atom. The Morgan fingerprint density at radius 3 is 2.27 bits per heavy atom. The Kier molecular flexibility index (Phi) is 7.70. The molecule has 33 heavy (non-hydrogen) atoms. The predicted molar refractivity (Wildman–Crippen MR) is 129 cm³/mol. The van der Waals surface area contributed by atoms with Gasteiger partial charge < -0.3 is 10.2 Å². The molecule has 1 atom stereocenters. The number of amides is 2. The summed E-state index contributed by atoms with van der Waals surface area (Å²) in [5, 5.41) is 3.40. The van der Waals surface area contributed by atoms with Gasteiger partial charge in [-0.3, -0.25) is 19.5 Å². The van der Waals surface area contributed by atoms with Crippen LogP contribution in [-0.2, 0) is 11.3 Å². The smallest absolute Gasteiger partial charge is 0.253 e. The Morgan fingerprint density at radius 1 is 0.909 bits per heavy atom. The van der Waals surface area contributed by atoms with Gasteiger partial charge in [0.2, 0.25) is 5.91 Å². The largest absolute Gasteiger partial charge is 0.345 e. The molecule has 1 aromatic heterocycles. The quantitative estimate of drug-likeness (QED) is 0.577. The van der Waals surface area contributed by atoms with E-state index >= 15 is 0 Å². The van der Waals surface area contributed by atoms with Crippen LogP contribution in [0.5, 0.6) is 0 Å². The van der Waals surface area contributed by atoms with E-state index < -0.39 is 6.04 Å². The van der Waals surface area contributed by atoms with E-state index in [0.29, 0.717) is 23.7 Å². The summed E-state index contributed by atoms with van der Waals surface area (Å²) >= 11 is 6.20. The molecule has 1 aliphatic heterocycles. The monoisotopic (exact) mass is 462 g/mol. The van der Waals surface area contributed by atoms with Crippen LogP contribution >= 0.6 is 11.6 Å². The molecule has 2 amide bonds. The summed E-state index contributed by atoms with van der Waals surface area (Å²) in [4.78, 5) is 34.3. The average molecular weight is 463 g/mol. The van der Waals surface area contributed by atoms with Gasteiger partial charge in [0.1, 0.15) is 0 Å². The molecule has 1 unspecified atom stereocenters. The van der Waals surface area contributed by atoms with Crippen LogP contribution in [-0.4, -0.2) is 52.8 Å². The van der Waals surface area contributed by atoms with Gasteiger partial charge in [0.05, 0.1) is 23.0 Å². The molecule has 0 radical (unpaired) electrons. The Hall–Kier alpha value is -3.22. The maximum absolute atomic E-state index is 13.2. The highest BCUT2D eigenvalue weighted by Gasteiger charge is 2.26. The van der Waals surface area contributed by atoms with Crippen LogP contribution in [0.4, 0.5) is 0 Å². The third-order valence-electron chi connectivity index (χ3n) is 5.89. The molecule has 0 spiro atoms. The first-order valence-electron chi connectivity index (χ1n) is 11.1. The van der Waals surface area contributed by atoms with E-state index in [9.17, 15) is 9.59 Å². The van der Waals surface area contributed by atoms with Crippen LogP contribution in [0.3, 0.4) is 0 Å². The number of piperazine rings is 1. The lowest BCUT2D eigenvalue weighted by molar-refractivity contribution is -0.133. The molecule has 1 N–H and O–H groups in total. The molecule has 0 aliphatic carbocycles. The van der Waals surface area contributed by atoms with E-state index in [4.69, 9.17) is 11.6 Å². The summed E-state index contributed by atoms with van der Waals surface area (Å²) in [5.41, 5.74) is 2.51. The van der Waals surface area contributed by atoms with Gasteiger partial charge in [-0.1, -0.05) is 54.1 Å². The van der Waals surface area contributed by atoms with Gasteiger partial charge in [0.15, 0.2) is 0 Å². The SMILES string of the molecule is O=C(NC(CC(=O)N1CCN(Cc2ccncc2)CC1)c1ccccc1)c1ccccc1Cl. The summed E-state index contributed by atoms with van der Waals surface area (Å²) in [6, 6.07) is 20.1. The molecule has 0 saturated carbocycles. The summed E-state index contributed by atoms with van der Waals surface area (Å²) < 4.78 is 0. The summed E-state index contributed by atoms with van der Waals surface area (Å²) in [7, 11) is 0. The number of carbonyl (C=O) groups excluding carboxylic acids is 2. The number of hydrogen-bond acceptors (Lipinski definition) is 4. The Bertz CT molecular complexity index is 1070. The van der Waals surface area contributed by atoms with Crippen molar-refractivity contribution in [1.29, 1.82) is 0 Å². The maximum Gasteiger partial charge on any atom is 0.253 e. The second-order valence-electron chi connectivity index (χ2n) is 8.13. The number of carbonyl (C=O) groups is 2. The van der Waals surface area contributed by atoms with Crippen molar-refractivity contribution in [3.63, 3.8) is 0 Å². The molecular weight excluding hydrogens is 436 g/mol. The lowest BCUT2D eigenvalue weighted by atomic mass is 10.0. The number of halogens is 1. The number of benzene rings is 2. The summed E-state index contributed by atoms with van der Waals surface area (Å²) in [5.74, 6) is -0.253. The molecule has 6 nitrogen and oxygen atoms in total. The first-order valence-corrected chi connectivity index (χ1v) is 11.5. The van der Waals surface area contributed by atoms with E-state index in [1.54, 1.807) is 36.7 Å². The van der Waals surface area contributed by atoms with Gasteiger partial charge >= 0.3 is 0 Å². The second-order valence-corrected chi connectivity index (χ2v) is 8.54. The highest BCUT2D eigenvalue weighted by molar-refractivity contribution is 6.33. The minimum absolute atomic E-state index is 0.0341. The van der Waals surface area contributed by atoms with E-state index in [0.717, 1.165) is 25.2 Å². The van der Waals surface area contributed by atoms with E-state index in [1.807, 2.05) is 47.4 Å². The molecule has 2 aromatic carbocycles. The van der Waals surface area contributed by atoms with E-state index in [2.05, 4.69) is 15.2 Å². The number of nitrogens with one attached hydrogen (secondary N) is 1. The minimum Gasteiger partial charge on any atom is -0.345 e. The van der Waals surface area contributed by atoms with Crippen molar-refractivity contribution < 1.29 is 9.59 Å². The third-order valence-corrected chi connectivity index (χ3v) is 6.21. The zero-order valence-electron chi connectivity index (χ0n) is 18.4. The number of rotatable bonds is 7. The van der Waals surface area contributed by atoms with Crippen LogP contribution in [0.25, 0.3) is 0 Å². The normalized spacial score (nSPS) is 15.1. The summed E-state index contributed by atoms with van der Waals surface area (Å²) in [6.07, 6.45) is 3.80.